The molecule has 0 radical (unpaired) electrons. The van der Waals surface area contributed by atoms with Crippen molar-refractivity contribution in [2.45, 2.75) is 32.7 Å². The van der Waals surface area contributed by atoms with Crippen molar-refractivity contribution >= 4 is 23.2 Å². The molecule has 0 bridgehead atoms. The van der Waals surface area contributed by atoms with Gasteiger partial charge in [0.05, 0.1) is 6.04 Å². The largest absolute Gasteiger partial charge is 0.306 e. The van der Waals surface area contributed by atoms with E-state index in [2.05, 4.69) is 50.4 Å². The molecule has 3 heteroatoms. The first-order valence-electron chi connectivity index (χ1n) is 7.31. The van der Waals surface area contributed by atoms with E-state index < -0.39 is 0 Å². The van der Waals surface area contributed by atoms with Crippen molar-refractivity contribution in [1.82, 2.24) is 5.32 Å². The summed E-state index contributed by atoms with van der Waals surface area (Å²) >= 11 is 12.4. The molecule has 0 saturated carbocycles. The van der Waals surface area contributed by atoms with E-state index in [4.69, 9.17) is 23.2 Å². The summed E-state index contributed by atoms with van der Waals surface area (Å²) in [6, 6.07) is 14.5. The van der Waals surface area contributed by atoms with Crippen LogP contribution in [0.4, 0.5) is 0 Å². The Morgan fingerprint density at radius 1 is 0.952 bits per heavy atom. The molecule has 2 aromatic rings. The monoisotopic (exact) mass is 321 g/mol. The summed E-state index contributed by atoms with van der Waals surface area (Å²) in [5.41, 5.74) is 3.61. The normalized spacial score (nSPS) is 12.7. The summed E-state index contributed by atoms with van der Waals surface area (Å²) < 4.78 is 0. The fourth-order valence-electron chi connectivity index (χ4n) is 2.42. The van der Waals surface area contributed by atoms with Crippen molar-refractivity contribution in [1.29, 1.82) is 0 Å². The van der Waals surface area contributed by atoms with Gasteiger partial charge in [-0.05, 0) is 41.3 Å². The van der Waals surface area contributed by atoms with Gasteiger partial charge in [0.15, 0.2) is 0 Å². The molecule has 0 aliphatic carbocycles. The van der Waals surface area contributed by atoms with E-state index in [0.717, 1.165) is 12.1 Å². The van der Waals surface area contributed by atoms with Crippen LogP contribution in [-0.4, -0.2) is 6.54 Å². The first-order valence-corrected chi connectivity index (χ1v) is 8.06. The van der Waals surface area contributed by atoms with E-state index >= 15 is 0 Å². The minimum atomic E-state index is 0.0842. The Bertz CT molecular complexity index is 591. The lowest BCUT2D eigenvalue weighted by Gasteiger charge is -2.21. The molecule has 112 valence electrons. The van der Waals surface area contributed by atoms with Crippen LogP contribution in [-0.2, 0) is 0 Å². The summed E-state index contributed by atoms with van der Waals surface area (Å²) in [6.45, 7) is 7.37. The van der Waals surface area contributed by atoms with Crippen LogP contribution in [0.25, 0.3) is 0 Å². The number of hydrogen-bond donors (Lipinski definition) is 1. The maximum absolute atomic E-state index is 6.37. The number of nitrogens with one attached hydrogen (secondary N) is 1. The van der Waals surface area contributed by atoms with Crippen LogP contribution in [0.3, 0.4) is 0 Å². The van der Waals surface area contributed by atoms with Crippen LogP contribution in [0.15, 0.2) is 42.5 Å². The zero-order valence-corrected chi connectivity index (χ0v) is 14.2. The van der Waals surface area contributed by atoms with Crippen LogP contribution in [0.1, 0.15) is 49.4 Å². The van der Waals surface area contributed by atoms with E-state index in [1.165, 1.54) is 11.1 Å². The van der Waals surface area contributed by atoms with E-state index in [0.29, 0.717) is 16.0 Å². The van der Waals surface area contributed by atoms with Gasteiger partial charge in [0, 0.05) is 10.0 Å². The topological polar surface area (TPSA) is 12.0 Å². The van der Waals surface area contributed by atoms with Gasteiger partial charge in [-0.1, -0.05) is 74.3 Å². The molecule has 0 spiro atoms. The molecule has 0 fully saturated rings. The van der Waals surface area contributed by atoms with Gasteiger partial charge in [0.2, 0.25) is 0 Å². The number of rotatable bonds is 5. The third-order valence-electron chi connectivity index (χ3n) is 3.62. The predicted molar refractivity (Wildman–Crippen MR) is 92.5 cm³/mol. The van der Waals surface area contributed by atoms with E-state index in [1.807, 2.05) is 12.1 Å². The van der Waals surface area contributed by atoms with Crippen molar-refractivity contribution in [2.75, 3.05) is 6.54 Å². The highest BCUT2D eigenvalue weighted by atomic mass is 35.5. The Morgan fingerprint density at radius 3 is 2.10 bits per heavy atom. The zero-order valence-electron chi connectivity index (χ0n) is 12.7. The Morgan fingerprint density at radius 2 is 1.57 bits per heavy atom. The Balaban J connectivity index is 2.38. The molecule has 2 aromatic carbocycles. The van der Waals surface area contributed by atoms with Gasteiger partial charge >= 0.3 is 0 Å². The molecule has 0 aliphatic heterocycles. The lowest BCUT2D eigenvalue weighted by atomic mass is 9.95. The average Bonchev–Trinajstić information content (AvgIpc) is 2.46. The van der Waals surface area contributed by atoms with Crippen molar-refractivity contribution in [3.05, 3.63) is 69.2 Å². The molecule has 1 unspecified atom stereocenters. The fraction of sp³-hybridized carbons (Fsp3) is 0.333. The summed E-state index contributed by atoms with van der Waals surface area (Å²) in [5, 5.41) is 4.85. The second-order valence-corrected chi connectivity index (χ2v) is 6.32. The molecule has 1 N–H and O–H groups in total. The highest BCUT2D eigenvalue weighted by Crippen LogP contribution is 2.31. The van der Waals surface area contributed by atoms with Crippen LogP contribution < -0.4 is 5.32 Å². The maximum atomic E-state index is 6.37. The van der Waals surface area contributed by atoms with Crippen LogP contribution in [0, 0.1) is 0 Å². The lowest BCUT2D eigenvalue weighted by molar-refractivity contribution is 0.630. The molecule has 2 rings (SSSR count). The highest BCUT2D eigenvalue weighted by Gasteiger charge is 2.16. The Hall–Kier alpha value is -1.02. The molecule has 0 aliphatic rings. The highest BCUT2D eigenvalue weighted by molar-refractivity contribution is 6.35. The number of hydrogen-bond acceptors (Lipinski definition) is 1. The molecular weight excluding hydrogens is 301 g/mol. The second kappa shape index (κ2) is 7.31. The van der Waals surface area contributed by atoms with Gasteiger partial charge < -0.3 is 5.32 Å². The molecule has 1 atom stereocenters. The van der Waals surface area contributed by atoms with E-state index in [9.17, 15) is 0 Å². The molecule has 21 heavy (non-hydrogen) atoms. The Kier molecular flexibility index (Phi) is 5.69. The third-order valence-corrected chi connectivity index (χ3v) is 4.18. The van der Waals surface area contributed by atoms with Crippen molar-refractivity contribution in [2.24, 2.45) is 0 Å². The van der Waals surface area contributed by atoms with Gasteiger partial charge in [0.25, 0.3) is 0 Å². The van der Waals surface area contributed by atoms with Crippen LogP contribution in [0.2, 0.25) is 10.0 Å². The summed E-state index contributed by atoms with van der Waals surface area (Å²) in [6.07, 6.45) is 0. The van der Waals surface area contributed by atoms with Crippen LogP contribution in [0.5, 0.6) is 0 Å². The van der Waals surface area contributed by atoms with Gasteiger partial charge in [-0.15, -0.1) is 0 Å². The predicted octanol–water partition coefficient (Wildman–Crippen LogP) is 5.82. The summed E-state index contributed by atoms with van der Waals surface area (Å²) in [5.74, 6) is 0.538. The molecule has 0 heterocycles. The number of benzene rings is 2. The minimum Gasteiger partial charge on any atom is -0.306 e. The smallest absolute Gasteiger partial charge is 0.0591 e. The summed E-state index contributed by atoms with van der Waals surface area (Å²) in [4.78, 5) is 0. The lowest BCUT2D eigenvalue weighted by Crippen LogP contribution is -2.22. The molecule has 0 amide bonds. The van der Waals surface area contributed by atoms with Gasteiger partial charge in [-0.2, -0.15) is 0 Å². The molecule has 0 saturated heterocycles. The van der Waals surface area contributed by atoms with Crippen LogP contribution >= 0.6 is 23.2 Å². The minimum absolute atomic E-state index is 0.0842. The quantitative estimate of drug-likeness (QED) is 0.732. The third kappa shape index (κ3) is 4.00. The molecular formula is C18H21Cl2N. The van der Waals surface area contributed by atoms with Gasteiger partial charge in [0.1, 0.15) is 0 Å². The van der Waals surface area contributed by atoms with Crippen molar-refractivity contribution < 1.29 is 0 Å². The van der Waals surface area contributed by atoms with Crippen molar-refractivity contribution in [3.8, 4) is 0 Å². The molecule has 0 aromatic heterocycles. The van der Waals surface area contributed by atoms with Gasteiger partial charge in [-0.25, -0.2) is 0 Å². The Labute approximate surface area is 137 Å². The first kappa shape index (κ1) is 16.4. The molecule has 1 nitrogen and oxygen atoms in total. The average molecular weight is 322 g/mol. The van der Waals surface area contributed by atoms with Gasteiger partial charge in [-0.3, -0.25) is 0 Å². The van der Waals surface area contributed by atoms with E-state index in [1.54, 1.807) is 6.07 Å². The SMILES string of the molecule is CCNC(c1ccc(C(C)C)cc1)c1ccc(Cl)cc1Cl. The van der Waals surface area contributed by atoms with Crippen molar-refractivity contribution in [3.63, 3.8) is 0 Å². The summed E-state index contributed by atoms with van der Waals surface area (Å²) in [7, 11) is 0. The standard InChI is InChI=1S/C18H21Cl2N/c1-4-21-18(16-10-9-15(19)11-17(16)20)14-7-5-13(6-8-14)12(2)3/h5-12,18,21H,4H2,1-3H3. The van der Waals surface area contributed by atoms with E-state index in [-0.39, 0.29) is 6.04 Å². The zero-order chi connectivity index (χ0) is 15.4. The maximum Gasteiger partial charge on any atom is 0.0591 e. The first-order chi connectivity index (χ1) is 10.0. The number of halogens is 2. The fourth-order valence-corrected chi connectivity index (χ4v) is 2.94. The second-order valence-electron chi connectivity index (χ2n) is 5.48.